The molecule has 0 amide bonds. The number of hydrogen-bond acceptors (Lipinski definition) is 4. The van der Waals surface area contributed by atoms with Gasteiger partial charge in [0.15, 0.2) is 5.21 Å². The molecule has 0 saturated carbocycles. The third-order valence-electron chi connectivity index (χ3n) is 1.61. The molecule has 1 aromatic carbocycles. The van der Waals surface area contributed by atoms with Crippen molar-refractivity contribution in [1.29, 1.82) is 0 Å². The SMILES string of the molecule is SSc1ccc(-c2nn[nH][nH+]2)cc1. The van der Waals surface area contributed by atoms with E-state index < -0.39 is 0 Å². The fraction of sp³-hybridized carbons (Fsp3) is 0. The van der Waals surface area contributed by atoms with Gasteiger partial charge >= 0.3 is 5.82 Å². The molecule has 2 rings (SSSR count). The second-order valence-corrected chi connectivity index (χ2v) is 3.60. The van der Waals surface area contributed by atoms with Crippen LogP contribution in [0.15, 0.2) is 29.2 Å². The molecule has 0 aliphatic heterocycles. The largest absolute Gasteiger partial charge is 0.329 e. The standard InChI is InChI=1S/C7H6N4S2/c12-13-6-3-1-5(2-4-6)7-8-10-11-9-7/h1-4,12H,(H,8,9,10,11)/p+1. The Bertz CT molecular complexity index is 370. The molecule has 0 fully saturated rings. The summed E-state index contributed by atoms with van der Waals surface area (Å²) in [7, 11) is 1.42. The number of thiol groups is 1. The predicted octanol–water partition coefficient (Wildman–Crippen LogP) is 1.22. The van der Waals surface area contributed by atoms with Crippen molar-refractivity contribution >= 4 is 22.5 Å². The van der Waals surface area contributed by atoms with E-state index >= 15 is 0 Å². The lowest BCUT2D eigenvalue weighted by Gasteiger charge is -1.93. The highest BCUT2D eigenvalue weighted by Crippen LogP contribution is 2.23. The lowest BCUT2D eigenvalue weighted by molar-refractivity contribution is -0.444. The minimum Gasteiger partial charge on any atom is -0.172 e. The maximum atomic E-state index is 4.09. The first-order valence-corrected chi connectivity index (χ1v) is 5.47. The average Bonchev–Trinajstić information content (AvgIpc) is 2.71. The Morgan fingerprint density at radius 1 is 1.31 bits per heavy atom. The molecule has 0 aliphatic carbocycles. The van der Waals surface area contributed by atoms with Gasteiger partial charge in [-0.3, -0.25) is 0 Å². The van der Waals surface area contributed by atoms with Crippen molar-refractivity contribution in [3.05, 3.63) is 24.3 Å². The molecule has 0 bridgehead atoms. The first-order chi connectivity index (χ1) is 6.40. The highest BCUT2D eigenvalue weighted by Gasteiger charge is 2.07. The monoisotopic (exact) mass is 211 g/mol. The summed E-state index contributed by atoms with van der Waals surface area (Å²) >= 11 is 4.09. The molecule has 2 aromatic rings. The zero-order chi connectivity index (χ0) is 9.10. The Morgan fingerprint density at radius 2 is 2.08 bits per heavy atom. The van der Waals surface area contributed by atoms with Gasteiger partial charge in [0.1, 0.15) is 5.10 Å². The number of nitrogens with one attached hydrogen (secondary N) is 2. The third-order valence-corrected chi connectivity index (χ3v) is 2.72. The minimum absolute atomic E-state index is 0.732. The topological polar surface area (TPSA) is 55.7 Å². The lowest BCUT2D eigenvalue weighted by atomic mass is 10.2. The second kappa shape index (κ2) is 3.80. The maximum Gasteiger partial charge on any atom is 0.329 e. The van der Waals surface area contributed by atoms with Crippen molar-refractivity contribution in [3.63, 3.8) is 0 Å². The second-order valence-electron chi connectivity index (χ2n) is 2.40. The van der Waals surface area contributed by atoms with Gasteiger partial charge in [0.2, 0.25) is 0 Å². The molecule has 4 nitrogen and oxygen atoms in total. The van der Waals surface area contributed by atoms with Crippen LogP contribution in [-0.4, -0.2) is 15.5 Å². The van der Waals surface area contributed by atoms with Crippen LogP contribution in [0.2, 0.25) is 0 Å². The fourth-order valence-electron chi connectivity index (χ4n) is 0.982. The fourth-order valence-corrected chi connectivity index (χ4v) is 1.60. The van der Waals surface area contributed by atoms with Crippen molar-refractivity contribution in [2.75, 3.05) is 0 Å². The molecule has 1 aromatic heterocycles. The molecule has 0 radical (unpaired) electrons. The molecule has 6 heteroatoms. The van der Waals surface area contributed by atoms with E-state index in [0.717, 1.165) is 16.3 Å². The first kappa shape index (κ1) is 8.58. The van der Waals surface area contributed by atoms with Crippen molar-refractivity contribution < 1.29 is 5.10 Å². The molecule has 13 heavy (non-hydrogen) atoms. The normalized spacial score (nSPS) is 10.2. The number of H-pyrrole nitrogens is 2. The average molecular weight is 211 g/mol. The summed E-state index contributed by atoms with van der Waals surface area (Å²) in [4.78, 5) is 1.11. The van der Waals surface area contributed by atoms with Crippen molar-refractivity contribution in [2.24, 2.45) is 0 Å². The smallest absolute Gasteiger partial charge is 0.172 e. The quantitative estimate of drug-likeness (QED) is 0.580. The highest BCUT2D eigenvalue weighted by atomic mass is 33.1. The molecule has 0 aliphatic rings. The number of tetrazole rings is 1. The van der Waals surface area contributed by atoms with Crippen LogP contribution in [0.1, 0.15) is 0 Å². The molecule has 66 valence electrons. The number of hydrogen-bond donors (Lipinski definition) is 2. The van der Waals surface area contributed by atoms with E-state index in [4.69, 9.17) is 0 Å². The Hall–Kier alpha value is -1.01. The molecule has 0 atom stereocenters. The maximum absolute atomic E-state index is 4.09. The van der Waals surface area contributed by atoms with Crippen LogP contribution in [-0.2, 0) is 0 Å². The van der Waals surface area contributed by atoms with Gasteiger partial charge in [-0.1, -0.05) is 16.0 Å². The van der Waals surface area contributed by atoms with E-state index in [1.807, 2.05) is 24.3 Å². The Kier molecular flexibility index (Phi) is 2.51. The third kappa shape index (κ3) is 1.84. The van der Waals surface area contributed by atoms with E-state index in [-0.39, 0.29) is 0 Å². The molecule has 2 N–H and O–H groups in total. The number of aromatic amines is 2. The van der Waals surface area contributed by atoms with Crippen LogP contribution in [0.3, 0.4) is 0 Å². The highest BCUT2D eigenvalue weighted by molar-refractivity contribution is 8.68. The number of aromatic nitrogens is 4. The van der Waals surface area contributed by atoms with Crippen LogP contribution in [0.25, 0.3) is 11.4 Å². The van der Waals surface area contributed by atoms with E-state index in [9.17, 15) is 0 Å². The number of nitrogens with zero attached hydrogens (tertiary/aromatic N) is 2. The van der Waals surface area contributed by atoms with Gasteiger partial charge in [0.05, 0.1) is 5.56 Å². The summed E-state index contributed by atoms with van der Waals surface area (Å²) in [6, 6.07) is 7.89. The van der Waals surface area contributed by atoms with Gasteiger partial charge in [-0.25, -0.2) is 0 Å². The van der Waals surface area contributed by atoms with E-state index in [1.165, 1.54) is 10.8 Å². The summed E-state index contributed by atoms with van der Waals surface area (Å²) < 4.78 is 0. The summed E-state index contributed by atoms with van der Waals surface area (Å²) in [6.07, 6.45) is 0. The Labute approximate surface area is 83.9 Å². The minimum atomic E-state index is 0.732. The van der Waals surface area contributed by atoms with E-state index in [0.29, 0.717) is 0 Å². The van der Waals surface area contributed by atoms with Crippen molar-refractivity contribution in [2.45, 2.75) is 4.90 Å². The van der Waals surface area contributed by atoms with Crippen molar-refractivity contribution in [1.82, 2.24) is 15.5 Å². The zero-order valence-electron chi connectivity index (χ0n) is 6.56. The van der Waals surface area contributed by atoms with Gasteiger partial charge in [-0.15, -0.1) is 11.7 Å². The number of rotatable bonds is 2. The Morgan fingerprint density at radius 3 is 2.62 bits per heavy atom. The molecular weight excluding hydrogens is 204 g/mol. The molecule has 0 saturated heterocycles. The molecule has 1 heterocycles. The summed E-state index contributed by atoms with van der Waals surface area (Å²) in [5.41, 5.74) is 1.000. The molecule has 0 unspecified atom stereocenters. The van der Waals surface area contributed by atoms with Gasteiger partial charge in [-0.05, 0) is 24.3 Å². The van der Waals surface area contributed by atoms with Gasteiger partial charge < -0.3 is 0 Å². The van der Waals surface area contributed by atoms with E-state index in [1.54, 1.807) is 0 Å². The van der Waals surface area contributed by atoms with Crippen LogP contribution in [0.5, 0.6) is 0 Å². The predicted molar refractivity (Wildman–Crippen MR) is 53.2 cm³/mol. The van der Waals surface area contributed by atoms with Crippen LogP contribution < -0.4 is 5.10 Å². The number of benzene rings is 1. The first-order valence-electron chi connectivity index (χ1n) is 3.61. The zero-order valence-corrected chi connectivity index (χ0v) is 8.27. The van der Waals surface area contributed by atoms with Gasteiger partial charge in [0.25, 0.3) is 0 Å². The Balaban J connectivity index is 2.33. The van der Waals surface area contributed by atoms with Gasteiger partial charge in [-0.2, -0.15) is 5.10 Å². The van der Waals surface area contributed by atoms with Crippen LogP contribution >= 0.6 is 22.5 Å². The lowest BCUT2D eigenvalue weighted by Crippen LogP contribution is -2.05. The van der Waals surface area contributed by atoms with Crippen LogP contribution in [0.4, 0.5) is 0 Å². The van der Waals surface area contributed by atoms with Gasteiger partial charge in [0, 0.05) is 4.90 Å². The van der Waals surface area contributed by atoms with Crippen LogP contribution in [0, 0.1) is 0 Å². The summed E-state index contributed by atoms with van der Waals surface area (Å²) in [6.45, 7) is 0. The van der Waals surface area contributed by atoms with E-state index in [2.05, 4.69) is 32.3 Å². The molecular formula is C7H7N4S2+. The summed E-state index contributed by atoms with van der Waals surface area (Å²) in [5, 5.41) is 12.8. The molecule has 0 spiro atoms. The van der Waals surface area contributed by atoms with Crippen molar-refractivity contribution in [3.8, 4) is 11.4 Å². The summed E-state index contributed by atoms with van der Waals surface area (Å²) in [5.74, 6) is 0.732.